The van der Waals surface area contributed by atoms with Gasteiger partial charge in [0.05, 0.1) is 5.52 Å². The van der Waals surface area contributed by atoms with Gasteiger partial charge in [-0.2, -0.15) is 0 Å². The number of aryl methyl sites for hydroxylation is 1. The first-order chi connectivity index (χ1) is 12.1. The zero-order valence-electron chi connectivity index (χ0n) is 13.7. The number of halogens is 1. The van der Waals surface area contributed by atoms with Gasteiger partial charge in [0.2, 0.25) is 0 Å². The van der Waals surface area contributed by atoms with E-state index in [9.17, 15) is 4.79 Å². The average molecular weight is 354 g/mol. The minimum absolute atomic E-state index is 0.118. The standard InChI is InChI=1S/C20H16ClNO3/c1-22-18-7-3-2-6-17(18)19(14-20(22)23)25-13-5-4-12-24-16-10-8-15(21)9-11-16/h2-3,6-11,14H,12-13H2,1H3. The summed E-state index contributed by atoms with van der Waals surface area (Å²) in [6, 6.07) is 16.2. The summed E-state index contributed by atoms with van der Waals surface area (Å²) in [5.74, 6) is 7.00. The second-order valence-corrected chi connectivity index (χ2v) is 5.74. The molecule has 0 saturated heterocycles. The normalized spacial score (nSPS) is 10.2. The molecule has 5 heteroatoms. The summed E-state index contributed by atoms with van der Waals surface area (Å²) in [6.07, 6.45) is 0. The van der Waals surface area contributed by atoms with Gasteiger partial charge in [-0.15, -0.1) is 0 Å². The zero-order chi connectivity index (χ0) is 17.6. The number of nitrogens with zero attached hydrogens (tertiary/aromatic N) is 1. The Bertz CT molecular complexity index is 997. The van der Waals surface area contributed by atoms with Crippen molar-refractivity contribution < 1.29 is 9.47 Å². The van der Waals surface area contributed by atoms with E-state index in [-0.39, 0.29) is 18.8 Å². The number of benzene rings is 2. The molecule has 0 aliphatic heterocycles. The second-order valence-electron chi connectivity index (χ2n) is 5.31. The molecule has 3 aromatic rings. The third kappa shape index (κ3) is 4.14. The highest BCUT2D eigenvalue weighted by Crippen LogP contribution is 2.22. The van der Waals surface area contributed by atoms with Crippen LogP contribution >= 0.6 is 11.6 Å². The first-order valence-electron chi connectivity index (χ1n) is 7.71. The summed E-state index contributed by atoms with van der Waals surface area (Å²) in [7, 11) is 1.74. The van der Waals surface area contributed by atoms with Gasteiger partial charge in [0.1, 0.15) is 24.7 Å². The van der Waals surface area contributed by atoms with Gasteiger partial charge in [-0.05, 0) is 36.4 Å². The van der Waals surface area contributed by atoms with Gasteiger partial charge in [-0.3, -0.25) is 4.79 Å². The van der Waals surface area contributed by atoms with Crippen LogP contribution in [0.15, 0.2) is 59.4 Å². The quantitative estimate of drug-likeness (QED) is 0.672. The number of para-hydroxylation sites is 1. The first kappa shape index (κ1) is 16.9. The van der Waals surface area contributed by atoms with E-state index in [0.29, 0.717) is 16.5 Å². The molecule has 0 atom stereocenters. The first-order valence-corrected chi connectivity index (χ1v) is 8.08. The van der Waals surface area contributed by atoms with E-state index in [1.54, 1.807) is 35.9 Å². The molecule has 0 N–H and O–H groups in total. The van der Waals surface area contributed by atoms with Crippen molar-refractivity contribution in [2.75, 3.05) is 13.2 Å². The van der Waals surface area contributed by atoms with Crippen LogP contribution in [-0.4, -0.2) is 17.8 Å². The average Bonchev–Trinajstić information content (AvgIpc) is 2.63. The molecule has 25 heavy (non-hydrogen) atoms. The van der Waals surface area contributed by atoms with Gasteiger partial charge < -0.3 is 14.0 Å². The lowest BCUT2D eigenvalue weighted by Gasteiger charge is -2.09. The number of hydrogen-bond acceptors (Lipinski definition) is 3. The Kier molecular flexibility index (Phi) is 5.27. The predicted molar refractivity (Wildman–Crippen MR) is 99.4 cm³/mol. The molecule has 0 bridgehead atoms. The van der Waals surface area contributed by atoms with Crippen LogP contribution in [0.5, 0.6) is 11.5 Å². The van der Waals surface area contributed by atoms with E-state index in [2.05, 4.69) is 11.8 Å². The maximum atomic E-state index is 12.0. The largest absolute Gasteiger partial charge is 0.481 e. The van der Waals surface area contributed by atoms with Gasteiger partial charge in [0.25, 0.3) is 5.56 Å². The second kappa shape index (κ2) is 7.78. The molecule has 0 spiro atoms. The molecule has 0 saturated carbocycles. The molecule has 0 fully saturated rings. The number of rotatable bonds is 4. The topological polar surface area (TPSA) is 40.5 Å². The van der Waals surface area contributed by atoms with Crippen molar-refractivity contribution in [1.82, 2.24) is 4.57 Å². The summed E-state index contributed by atoms with van der Waals surface area (Å²) in [6.45, 7) is 0.434. The molecule has 0 radical (unpaired) electrons. The van der Waals surface area contributed by atoms with E-state index in [4.69, 9.17) is 21.1 Å². The summed E-state index contributed by atoms with van der Waals surface area (Å²) >= 11 is 5.81. The fourth-order valence-corrected chi connectivity index (χ4v) is 2.49. The van der Waals surface area contributed by atoms with Crippen LogP contribution in [0, 0.1) is 11.8 Å². The number of fused-ring (bicyclic) bond motifs is 1. The van der Waals surface area contributed by atoms with Crippen LogP contribution in [0.25, 0.3) is 10.9 Å². The van der Waals surface area contributed by atoms with Crippen molar-refractivity contribution in [3.63, 3.8) is 0 Å². The molecule has 0 aliphatic rings. The van der Waals surface area contributed by atoms with Gasteiger partial charge in [0, 0.05) is 23.5 Å². The number of hydrogen-bond donors (Lipinski definition) is 0. The fraction of sp³-hybridized carbons (Fsp3) is 0.150. The minimum atomic E-state index is -0.118. The van der Waals surface area contributed by atoms with Gasteiger partial charge in [0.15, 0.2) is 0 Å². The Morgan fingerprint density at radius 3 is 2.44 bits per heavy atom. The van der Waals surface area contributed by atoms with Crippen molar-refractivity contribution in [2.24, 2.45) is 7.05 Å². The van der Waals surface area contributed by atoms with E-state index in [1.165, 1.54) is 6.07 Å². The highest BCUT2D eigenvalue weighted by Gasteiger charge is 2.06. The maximum Gasteiger partial charge on any atom is 0.254 e. The lowest BCUT2D eigenvalue weighted by atomic mass is 10.2. The zero-order valence-corrected chi connectivity index (χ0v) is 14.4. The van der Waals surface area contributed by atoms with Gasteiger partial charge >= 0.3 is 0 Å². The van der Waals surface area contributed by atoms with E-state index < -0.39 is 0 Å². The van der Waals surface area contributed by atoms with E-state index in [0.717, 1.165) is 10.9 Å². The van der Waals surface area contributed by atoms with Crippen LogP contribution in [0.4, 0.5) is 0 Å². The third-order valence-electron chi connectivity index (χ3n) is 3.67. The van der Waals surface area contributed by atoms with Crippen LogP contribution in [0.1, 0.15) is 0 Å². The molecular weight excluding hydrogens is 338 g/mol. The number of aromatic nitrogens is 1. The van der Waals surface area contributed by atoms with E-state index in [1.807, 2.05) is 24.3 Å². The third-order valence-corrected chi connectivity index (χ3v) is 3.92. The molecule has 4 nitrogen and oxygen atoms in total. The van der Waals surface area contributed by atoms with Crippen molar-refractivity contribution in [3.8, 4) is 23.3 Å². The number of ether oxygens (including phenoxy) is 2. The smallest absolute Gasteiger partial charge is 0.254 e. The summed E-state index contributed by atoms with van der Waals surface area (Å²) in [5, 5.41) is 1.54. The highest BCUT2D eigenvalue weighted by molar-refractivity contribution is 6.30. The summed E-state index contributed by atoms with van der Waals surface area (Å²) < 4.78 is 12.7. The Morgan fingerprint density at radius 2 is 1.68 bits per heavy atom. The SMILES string of the molecule is Cn1c(=O)cc(OCC#CCOc2ccc(Cl)cc2)c2ccccc21. The molecule has 3 rings (SSSR count). The predicted octanol–water partition coefficient (Wildman–Crippen LogP) is 3.65. The molecule has 0 amide bonds. The van der Waals surface area contributed by atoms with Crippen LogP contribution in [0.2, 0.25) is 5.02 Å². The molecule has 0 aliphatic carbocycles. The van der Waals surface area contributed by atoms with Crippen LogP contribution < -0.4 is 15.0 Å². The van der Waals surface area contributed by atoms with Gasteiger partial charge in [-0.1, -0.05) is 35.6 Å². The van der Waals surface area contributed by atoms with E-state index >= 15 is 0 Å². The fourth-order valence-electron chi connectivity index (χ4n) is 2.37. The Balaban J connectivity index is 1.61. The van der Waals surface area contributed by atoms with Crippen molar-refractivity contribution >= 4 is 22.5 Å². The van der Waals surface area contributed by atoms with Crippen molar-refractivity contribution in [2.45, 2.75) is 0 Å². The molecular formula is C20H16ClNO3. The lowest BCUT2D eigenvalue weighted by Crippen LogP contribution is -2.16. The van der Waals surface area contributed by atoms with Crippen molar-refractivity contribution in [1.29, 1.82) is 0 Å². The molecule has 1 heterocycles. The van der Waals surface area contributed by atoms with Crippen molar-refractivity contribution in [3.05, 3.63) is 70.0 Å². The molecule has 126 valence electrons. The van der Waals surface area contributed by atoms with Gasteiger partial charge in [-0.25, -0.2) is 0 Å². The number of pyridine rings is 1. The molecule has 0 unspecified atom stereocenters. The minimum Gasteiger partial charge on any atom is -0.481 e. The monoisotopic (exact) mass is 353 g/mol. The summed E-state index contributed by atoms with van der Waals surface area (Å²) in [5.41, 5.74) is 0.705. The molecule has 1 aromatic heterocycles. The Labute approximate surface area is 150 Å². The molecule has 2 aromatic carbocycles. The maximum absolute atomic E-state index is 12.0. The van der Waals surface area contributed by atoms with Crippen LogP contribution in [-0.2, 0) is 7.05 Å². The Morgan fingerprint density at radius 1 is 1.00 bits per heavy atom. The summed E-state index contributed by atoms with van der Waals surface area (Å²) in [4.78, 5) is 12.0. The highest BCUT2D eigenvalue weighted by atomic mass is 35.5. The lowest BCUT2D eigenvalue weighted by molar-refractivity contribution is 0.364. The van der Waals surface area contributed by atoms with Crippen LogP contribution in [0.3, 0.4) is 0 Å². The Hall–Kier alpha value is -2.90.